The van der Waals surface area contributed by atoms with Crippen LogP contribution in [0, 0.1) is 0 Å². The number of sulfone groups is 1. The van der Waals surface area contributed by atoms with E-state index in [-0.39, 0.29) is 21.8 Å². The Morgan fingerprint density at radius 1 is 0.969 bits per heavy atom. The first-order valence-corrected chi connectivity index (χ1v) is 12.5. The van der Waals surface area contributed by atoms with E-state index in [1.165, 1.54) is 42.8 Å². The Morgan fingerprint density at radius 2 is 1.66 bits per heavy atom. The maximum absolute atomic E-state index is 12.8. The zero-order valence-corrected chi connectivity index (χ0v) is 19.1. The summed E-state index contributed by atoms with van der Waals surface area (Å²) < 4.78 is 31.0. The third kappa shape index (κ3) is 5.06. The molecule has 0 spiro atoms. The molecule has 32 heavy (non-hydrogen) atoms. The van der Waals surface area contributed by atoms with Gasteiger partial charge in [0.1, 0.15) is 0 Å². The first-order valence-electron chi connectivity index (χ1n) is 10.6. The molecule has 2 aromatic carbocycles. The molecule has 1 aromatic heterocycles. The van der Waals surface area contributed by atoms with E-state index >= 15 is 0 Å². The van der Waals surface area contributed by atoms with Gasteiger partial charge in [0, 0.05) is 11.6 Å². The van der Waals surface area contributed by atoms with Gasteiger partial charge in [-0.2, -0.15) is 0 Å². The SMILES string of the molecule is O=C(NCC(c1ccccc1)N1CCCCC1)c1ccc(S(=O)(=O)c2ccc(Cl)cc2)o1. The van der Waals surface area contributed by atoms with Gasteiger partial charge in [-0.05, 0) is 67.9 Å². The number of carbonyl (C=O) groups is 1. The number of likely N-dealkylation sites (tertiary alicyclic amines) is 1. The number of furan rings is 1. The van der Waals surface area contributed by atoms with E-state index in [0.717, 1.165) is 31.5 Å². The van der Waals surface area contributed by atoms with Crippen LogP contribution >= 0.6 is 11.6 Å². The van der Waals surface area contributed by atoms with E-state index in [1.54, 1.807) is 0 Å². The minimum Gasteiger partial charge on any atom is -0.439 e. The molecular formula is C24H25ClN2O4S. The number of hydrogen-bond acceptors (Lipinski definition) is 5. The Kier molecular flexibility index (Phi) is 6.98. The maximum Gasteiger partial charge on any atom is 0.287 e. The lowest BCUT2D eigenvalue weighted by Gasteiger charge is -2.35. The maximum atomic E-state index is 12.8. The van der Waals surface area contributed by atoms with Crippen molar-refractivity contribution in [2.24, 2.45) is 0 Å². The van der Waals surface area contributed by atoms with E-state index in [9.17, 15) is 13.2 Å². The molecule has 168 valence electrons. The molecular weight excluding hydrogens is 448 g/mol. The lowest BCUT2D eigenvalue weighted by molar-refractivity contribution is 0.0892. The van der Waals surface area contributed by atoms with Crippen LogP contribution in [-0.2, 0) is 9.84 Å². The first-order chi connectivity index (χ1) is 15.4. The van der Waals surface area contributed by atoms with Gasteiger partial charge in [0.2, 0.25) is 14.9 Å². The van der Waals surface area contributed by atoms with Crippen LogP contribution in [0.5, 0.6) is 0 Å². The fraction of sp³-hybridized carbons (Fsp3) is 0.292. The van der Waals surface area contributed by atoms with Crippen molar-refractivity contribution in [2.45, 2.75) is 35.3 Å². The monoisotopic (exact) mass is 472 g/mol. The minimum absolute atomic E-state index is 0.0389. The van der Waals surface area contributed by atoms with Gasteiger partial charge in [0.25, 0.3) is 5.91 Å². The van der Waals surface area contributed by atoms with E-state index in [1.807, 2.05) is 18.2 Å². The second-order valence-electron chi connectivity index (χ2n) is 7.81. The van der Waals surface area contributed by atoms with Crippen molar-refractivity contribution < 1.29 is 17.6 Å². The molecule has 1 saturated heterocycles. The zero-order chi connectivity index (χ0) is 22.6. The van der Waals surface area contributed by atoms with E-state index in [0.29, 0.717) is 11.6 Å². The number of piperidine rings is 1. The molecule has 0 aliphatic carbocycles. The Hall–Kier alpha value is -2.61. The lowest BCUT2D eigenvalue weighted by Crippen LogP contribution is -2.40. The highest BCUT2D eigenvalue weighted by atomic mass is 35.5. The van der Waals surface area contributed by atoms with Gasteiger partial charge < -0.3 is 9.73 Å². The molecule has 6 nitrogen and oxygen atoms in total. The summed E-state index contributed by atoms with van der Waals surface area (Å²) in [6.07, 6.45) is 3.50. The van der Waals surface area contributed by atoms with Gasteiger partial charge in [-0.3, -0.25) is 9.69 Å². The summed E-state index contributed by atoms with van der Waals surface area (Å²) in [4.78, 5) is 15.2. The number of nitrogens with zero attached hydrogens (tertiary/aromatic N) is 1. The third-order valence-corrected chi connectivity index (χ3v) is 7.56. The number of carbonyl (C=O) groups excluding carboxylic acids is 1. The molecule has 1 atom stereocenters. The van der Waals surface area contributed by atoms with Crippen LogP contribution in [0.3, 0.4) is 0 Å². The molecule has 0 saturated carbocycles. The first kappa shape index (κ1) is 22.6. The summed E-state index contributed by atoms with van der Waals surface area (Å²) in [5, 5.41) is 3.08. The van der Waals surface area contributed by atoms with Crippen molar-refractivity contribution in [3.63, 3.8) is 0 Å². The fourth-order valence-corrected chi connectivity index (χ4v) is 5.26. The Bertz CT molecular complexity index is 1150. The van der Waals surface area contributed by atoms with Crippen molar-refractivity contribution in [1.82, 2.24) is 10.2 Å². The summed E-state index contributed by atoms with van der Waals surface area (Å²) in [5.74, 6) is -0.483. The molecule has 0 bridgehead atoms. The largest absolute Gasteiger partial charge is 0.439 e. The molecule has 1 aliphatic heterocycles. The number of halogens is 1. The highest BCUT2D eigenvalue weighted by Crippen LogP contribution is 2.26. The van der Waals surface area contributed by atoms with Crippen molar-refractivity contribution in [3.8, 4) is 0 Å². The van der Waals surface area contributed by atoms with Crippen LogP contribution < -0.4 is 5.32 Å². The lowest BCUT2D eigenvalue weighted by atomic mass is 10.0. The van der Waals surface area contributed by atoms with Gasteiger partial charge in [-0.25, -0.2) is 8.42 Å². The number of hydrogen-bond donors (Lipinski definition) is 1. The molecule has 1 fully saturated rings. The highest BCUT2D eigenvalue weighted by molar-refractivity contribution is 7.91. The predicted molar refractivity (Wildman–Crippen MR) is 123 cm³/mol. The summed E-state index contributed by atoms with van der Waals surface area (Å²) >= 11 is 5.84. The van der Waals surface area contributed by atoms with Gasteiger partial charge in [-0.15, -0.1) is 0 Å². The smallest absolute Gasteiger partial charge is 0.287 e. The van der Waals surface area contributed by atoms with Crippen LogP contribution in [0.1, 0.15) is 41.4 Å². The topological polar surface area (TPSA) is 79.6 Å². The Balaban J connectivity index is 1.47. The Labute approximate surface area is 193 Å². The molecule has 1 amide bonds. The summed E-state index contributed by atoms with van der Waals surface area (Å²) in [5.41, 5.74) is 1.14. The molecule has 2 heterocycles. The standard InChI is InChI=1S/C24H25ClN2O4S/c25-19-9-11-20(12-10-19)32(29,30)23-14-13-22(31-23)24(28)26-17-21(18-7-3-1-4-8-18)27-15-5-2-6-16-27/h1,3-4,7-14,21H,2,5-6,15-17H2,(H,26,28). The van der Waals surface area contributed by atoms with Gasteiger partial charge in [-0.1, -0.05) is 48.4 Å². The number of rotatable bonds is 7. The average Bonchev–Trinajstić information content (AvgIpc) is 3.32. The molecule has 8 heteroatoms. The van der Waals surface area contributed by atoms with Gasteiger partial charge in [0.05, 0.1) is 10.9 Å². The molecule has 1 N–H and O–H groups in total. The number of benzene rings is 2. The van der Waals surface area contributed by atoms with Crippen LogP contribution in [0.4, 0.5) is 0 Å². The van der Waals surface area contributed by atoms with Crippen molar-refractivity contribution >= 4 is 27.3 Å². The molecule has 1 aliphatic rings. The molecule has 0 radical (unpaired) electrons. The number of amides is 1. The van der Waals surface area contributed by atoms with E-state index in [2.05, 4.69) is 22.3 Å². The Morgan fingerprint density at radius 3 is 2.34 bits per heavy atom. The van der Waals surface area contributed by atoms with E-state index < -0.39 is 15.7 Å². The predicted octanol–water partition coefficient (Wildman–Crippen LogP) is 4.72. The molecule has 3 aromatic rings. The van der Waals surface area contributed by atoms with Crippen molar-refractivity contribution in [2.75, 3.05) is 19.6 Å². The summed E-state index contributed by atoms with van der Waals surface area (Å²) in [6.45, 7) is 2.38. The zero-order valence-electron chi connectivity index (χ0n) is 17.5. The van der Waals surface area contributed by atoms with E-state index in [4.69, 9.17) is 16.0 Å². The average molecular weight is 473 g/mol. The van der Waals surface area contributed by atoms with Gasteiger partial charge in [0.15, 0.2) is 5.76 Å². The van der Waals surface area contributed by atoms with Crippen LogP contribution in [0.25, 0.3) is 0 Å². The van der Waals surface area contributed by atoms with Gasteiger partial charge >= 0.3 is 0 Å². The summed E-state index contributed by atoms with van der Waals surface area (Å²) in [6, 6.07) is 18.6. The normalized spacial score (nSPS) is 15.9. The quantitative estimate of drug-likeness (QED) is 0.538. The second-order valence-corrected chi connectivity index (χ2v) is 10.1. The highest BCUT2D eigenvalue weighted by Gasteiger charge is 2.26. The third-order valence-electron chi connectivity index (χ3n) is 5.67. The molecule has 4 rings (SSSR count). The molecule has 1 unspecified atom stereocenters. The summed E-state index contributed by atoms with van der Waals surface area (Å²) in [7, 11) is -3.87. The van der Waals surface area contributed by atoms with Crippen molar-refractivity contribution in [3.05, 3.63) is 83.1 Å². The van der Waals surface area contributed by atoms with Crippen LogP contribution in [0.15, 0.2) is 81.1 Å². The van der Waals surface area contributed by atoms with Crippen molar-refractivity contribution in [1.29, 1.82) is 0 Å². The van der Waals surface area contributed by atoms with Crippen LogP contribution in [-0.4, -0.2) is 38.9 Å². The van der Waals surface area contributed by atoms with Crippen LogP contribution in [0.2, 0.25) is 5.02 Å². The minimum atomic E-state index is -3.87. The second kappa shape index (κ2) is 9.90. The number of nitrogens with one attached hydrogen (secondary N) is 1. The fourth-order valence-electron chi connectivity index (χ4n) is 3.96.